The molecule has 0 amide bonds. The number of aliphatic hydroxyl groups excluding tert-OH is 1. The first-order chi connectivity index (χ1) is 6.65. The van der Waals surface area contributed by atoms with Crippen LogP contribution in [-0.2, 0) is 0 Å². The third-order valence-corrected chi connectivity index (χ3v) is 2.14. The summed E-state index contributed by atoms with van der Waals surface area (Å²) in [6.07, 6.45) is 3.31. The van der Waals surface area contributed by atoms with Gasteiger partial charge in [-0.25, -0.2) is 0 Å². The van der Waals surface area contributed by atoms with E-state index in [2.05, 4.69) is 0 Å². The molecule has 3 heteroatoms. The monoisotopic (exact) mass is 210 g/mol. The van der Waals surface area contributed by atoms with Gasteiger partial charge in [-0.3, -0.25) is 4.79 Å². The number of halogens is 1. The van der Waals surface area contributed by atoms with E-state index in [1.807, 2.05) is 0 Å². The number of carbonyl (C=O) groups excluding carboxylic acids is 1. The van der Waals surface area contributed by atoms with E-state index in [0.29, 0.717) is 10.6 Å². The lowest BCUT2D eigenvalue weighted by atomic mass is 10.1. The summed E-state index contributed by atoms with van der Waals surface area (Å²) in [5, 5.41) is 9.09. The predicted molar refractivity (Wildman–Crippen MR) is 57.6 cm³/mol. The van der Waals surface area contributed by atoms with Gasteiger partial charge in [0.2, 0.25) is 0 Å². The van der Waals surface area contributed by atoms with Gasteiger partial charge in [-0.1, -0.05) is 35.9 Å². The molecule has 1 aromatic rings. The molecule has 74 valence electrons. The number of hydrogen-bond donors (Lipinski definition) is 1. The van der Waals surface area contributed by atoms with Crippen molar-refractivity contribution in [3.05, 3.63) is 40.4 Å². The second-order valence-electron chi connectivity index (χ2n) is 2.88. The van der Waals surface area contributed by atoms with Crippen LogP contribution in [0.3, 0.4) is 0 Å². The van der Waals surface area contributed by atoms with E-state index in [1.54, 1.807) is 30.4 Å². The molecule has 0 aliphatic rings. The van der Waals surface area contributed by atoms with Crippen LogP contribution in [0.25, 0.3) is 6.08 Å². The lowest BCUT2D eigenvalue weighted by Crippen LogP contribution is -1.91. The smallest absolute Gasteiger partial charge is 0.159 e. The van der Waals surface area contributed by atoms with Gasteiger partial charge in [0.05, 0.1) is 6.61 Å². The van der Waals surface area contributed by atoms with Crippen LogP contribution < -0.4 is 0 Å². The largest absolute Gasteiger partial charge is 0.392 e. The Bertz CT molecular complexity index is 370. The molecular formula is C11H11ClO2. The van der Waals surface area contributed by atoms with Crippen LogP contribution in [0.1, 0.15) is 22.8 Å². The van der Waals surface area contributed by atoms with Gasteiger partial charge < -0.3 is 5.11 Å². The zero-order valence-electron chi connectivity index (χ0n) is 7.83. The summed E-state index contributed by atoms with van der Waals surface area (Å²) in [7, 11) is 0. The molecule has 1 rings (SSSR count). The van der Waals surface area contributed by atoms with Crippen LogP contribution in [0, 0.1) is 0 Å². The zero-order chi connectivity index (χ0) is 10.6. The van der Waals surface area contributed by atoms with Crippen molar-refractivity contribution < 1.29 is 9.90 Å². The summed E-state index contributed by atoms with van der Waals surface area (Å²) in [5.74, 6) is -0.00964. The second kappa shape index (κ2) is 4.94. The molecule has 0 aliphatic carbocycles. The van der Waals surface area contributed by atoms with Crippen molar-refractivity contribution in [1.29, 1.82) is 0 Å². The van der Waals surface area contributed by atoms with Crippen LogP contribution in [0.4, 0.5) is 0 Å². The third-order valence-electron chi connectivity index (χ3n) is 1.81. The van der Waals surface area contributed by atoms with Crippen LogP contribution in [0.15, 0.2) is 24.3 Å². The Labute approximate surface area is 87.8 Å². The summed E-state index contributed by atoms with van der Waals surface area (Å²) in [6.45, 7) is 1.47. The lowest BCUT2D eigenvalue weighted by Gasteiger charge is -2.00. The molecule has 0 spiro atoms. The number of benzene rings is 1. The predicted octanol–water partition coefficient (Wildman–Crippen LogP) is 2.55. The number of Topliss-reactive ketones (excluding diaryl/α,β-unsaturated/α-hetero) is 1. The molecular weight excluding hydrogens is 200 g/mol. The zero-order valence-corrected chi connectivity index (χ0v) is 8.58. The molecule has 0 aliphatic heterocycles. The number of aliphatic hydroxyl groups is 1. The molecule has 0 aromatic heterocycles. The fourth-order valence-electron chi connectivity index (χ4n) is 1.06. The molecule has 0 fully saturated rings. The van der Waals surface area contributed by atoms with Crippen molar-refractivity contribution in [1.82, 2.24) is 0 Å². The van der Waals surface area contributed by atoms with Crippen LogP contribution in [0.2, 0.25) is 5.02 Å². The van der Waals surface area contributed by atoms with Crippen LogP contribution in [-0.4, -0.2) is 17.5 Å². The van der Waals surface area contributed by atoms with Gasteiger partial charge >= 0.3 is 0 Å². The van der Waals surface area contributed by atoms with Crippen molar-refractivity contribution in [3.63, 3.8) is 0 Å². The Kier molecular flexibility index (Phi) is 3.86. The Balaban J connectivity index is 3.01. The maximum Gasteiger partial charge on any atom is 0.159 e. The van der Waals surface area contributed by atoms with E-state index < -0.39 is 0 Å². The van der Waals surface area contributed by atoms with Gasteiger partial charge in [-0.05, 0) is 18.6 Å². The van der Waals surface area contributed by atoms with Crippen molar-refractivity contribution in [2.24, 2.45) is 0 Å². The topological polar surface area (TPSA) is 37.3 Å². The lowest BCUT2D eigenvalue weighted by molar-refractivity contribution is 0.101. The fourth-order valence-corrected chi connectivity index (χ4v) is 1.30. The van der Waals surface area contributed by atoms with E-state index >= 15 is 0 Å². The fraction of sp³-hybridized carbons (Fsp3) is 0.182. The number of hydrogen-bond acceptors (Lipinski definition) is 2. The first-order valence-corrected chi connectivity index (χ1v) is 4.61. The highest BCUT2D eigenvalue weighted by Crippen LogP contribution is 2.19. The number of carbonyl (C=O) groups is 1. The minimum absolute atomic E-state index is 0.00964. The maximum atomic E-state index is 11.0. The average Bonchev–Trinajstić information content (AvgIpc) is 2.15. The van der Waals surface area contributed by atoms with E-state index in [1.165, 1.54) is 6.92 Å². The SMILES string of the molecule is CC(=O)c1ccc(C=CCO)c(Cl)c1. The first kappa shape index (κ1) is 11.0. The van der Waals surface area contributed by atoms with Gasteiger partial charge in [-0.15, -0.1) is 0 Å². The second-order valence-corrected chi connectivity index (χ2v) is 3.28. The molecule has 0 bridgehead atoms. The van der Waals surface area contributed by atoms with E-state index in [-0.39, 0.29) is 12.4 Å². The van der Waals surface area contributed by atoms with Crippen molar-refractivity contribution in [3.8, 4) is 0 Å². The van der Waals surface area contributed by atoms with Gasteiger partial charge in [0.25, 0.3) is 0 Å². The Morgan fingerprint density at radius 1 is 1.57 bits per heavy atom. The van der Waals surface area contributed by atoms with Gasteiger partial charge in [0.15, 0.2) is 5.78 Å². The Hall–Kier alpha value is -1.12. The minimum Gasteiger partial charge on any atom is -0.392 e. The Morgan fingerprint density at radius 3 is 2.79 bits per heavy atom. The van der Waals surface area contributed by atoms with Crippen molar-refractivity contribution >= 4 is 23.5 Å². The molecule has 0 saturated heterocycles. The molecule has 0 heterocycles. The standard InChI is InChI=1S/C11H11ClO2/c1-8(14)10-5-4-9(3-2-6-13)11(12)7-10/h2-5,7,13H,6H2,1H3. The van der Waals surface area contributed by atoms with Gasteiger partial charge in [0, 0.05) is 10.6 Å². The normalized spacial score (nSPS) is 10.8. The highest BCUT2D eigenvalue weighted by molar-refractivity contribution is 6.32. The summed E-state index contributed by atoms with van der Waals surface area (Å²) < 4.78 is 0. The minimum atomic E-state index is -0.0230. The third kappa shape index (κ3) is 2.69. The van der Waals surface area contributed by atoms with E-state index in [4.69, 9.17) is 16.7 Å². The number of ketones is 1. The molecule has 2 nitrogen and oxygen atoms in total. The van der Waals surface area contributed by atoms with Crippen molar-refractivity contribution in [2.45, 2.75) is 6.92 Å². The van der Waals surface area contributed by atoms with Crippen molar-refractivity contribution in [2.75, 3.05) is 6.61 Å². The first-order valence-electron chi connectivity index (χ1n) is 4.23. The summed E-state index contributed by atoms with van der Waals surface area (Å²) in [4.78, 5) is 11.0. The number of rotatable bonds is 3. The van der Waals surface area contributed by atoms with E-state index in [0.717, 1.165) is 5.56 Å². The average molecular weight is 211 g/mol. The summed E-state index contributed by atoms with van der Waals surface area (Å²) in [5.41, 5.74) is 1.39. The Morgan fingerprint density at radius 2 is 2.29 bits per heavy atom. The molecule has 0 saturated carbocycles. The quantitative estimate of drug-likeness (QED) is 0.779. The summed E-state index contributed by atoms with van der Waals surface area (Å²) in [6, 6.07) is 5.09. The van der Waals surface area contributed by atoms with Crippen LogP contribution in [0.5, 0.6) is 0 Å². The molecule has 1 N–H and O–H groups in total. The molecule has 14 heavy (non-hydrogen) atoms. The molecule has 1 aromatic carbocycles. The highest BCUT2D eigenvalue weighted by Gasteiger charge is 2.02. The summed E-state index contributed by atoms with van der Waals surface area (Å²) >= 11 is 5.92. The van der Waals surface area contributed by atoms with Crippen LogP contribution >= 0.6 is 11.6 Å². The van der Waals surface area contributed by atoms with E-state index in [9.17, 15) is 4.79 Å². The maximum absolute atomic E-state index is 11.0. The highest BCUT2D eigenvalue weighted by atomic mass is 35.5. The molecule has 0 radical (unpaired) electrons. The van der Waals surface area contributed by atoms with Gasteiger partial charge in [0.1, 0.15) is 0 Å². The molecule has 0 atom stereocenters. The molecule has 0 unspecified atom stereocenters. The van der Waals surface area contributed by atoms with Gasteiger partial charge in [-0.2, -0.15) is 0 Å².